The van der Waals surface area contributed by atoms with Gasteiger partial charge in [-0.05, 0) is 60.8 Å². The third-order valence-electron chi connectivity index (χ3n) is 5.72. The van der Waals surface area contributed by atoms with Crippen LogP contribution in [0.15, 0.2) is 18.2 Å². The predicted octanol–water partition coefficient (Wildman–Crippen LogP) is 3.71. The second kappa shape index (κ2) is 5.07. The fraction of sp³-hybridized carbons (Fsp3) is 0.667. The summed E-state index contributed by atoms with van der Waals surface area (Å²) < 4.78 is 5.65. The van der Waals surface area contributed by atoms with Crippen LogP contribution in [0.5, 0.6) is 5.75 Å². The van der Waals surface area contributed by atoms with Crippen LogP contribution in [0.3, 0.4) is 0 Å². The van der Waals surface area contributed by atoms with Crippen molar-refractivity contribution in [2.75, 3.05) is 13.2 Å². The summed E-state index contributed by atoms with van der Waals surface area (Å²) in [5.41, 5.74) is 2.90. The normalized spacial score (nSPS) is 32.1. The van der Waals surface area contributed by atoms with Crippen molar-refractivity contribution in [3.05, 3.63) is 29.3 Å². The molecule has 0 aromatic heterocycles. The van der Waals surface area contributed by atoms with E-state index in [9.17, 15) is 0 Å². The summed E-state index contributed by atoms with van der Waals surface area (Å²) in [5.74, 6) is 3.95. The van der Waals surface area contributed by atoms with Gasteiger partial charge in [0.15, 0.2) is 0 Å². The third kappa shape index (κ3) is 2.05. The van der Waals surface area contributed by atoms with E-state index < -0.39 is 0 Å². The molecule has 4 rings (SSSR count). The average molecular weight is 271 g/mol. The zero-order valence-electron chi connectivity index (χ0n) is 12.4. The van der Waals surface area contributed by atoms with Crippen LogP contribution in [0, 0.1) is 17.8 Å². The molecular weight excluding hydrogens is 246 g/mol. The Morgan fingerprint density at radius 3 is 3.00 bits per heavy atom. The maximum atomic E-state index is 5.65. The van der Waals surface area contributed by atoms with Crippen molar-refractivity contribution in [1.82, 2.24) is 5.32 Å². The van der Waals surface area contributed by atoms with E-state index in [1.54, 1.807) is 0 Å². The molecule has 1 aromatic rings. The number of rotatable bonds is 4. The van der Waals surface area contributed by atoms with Gasteiger partial charge in [0.2, 0.25) is 0 Å². The Morgan fingerprint density at radius 2 is 2.25 bits per heavy atom. The molecule has 20 heavy (non-hydrogen) atoms. The van der Waals surface area contributed by atoms with Gasteiger partial charge in [0.1, 0.15) is 5.75 Å². The second-order valence-corrected chi connectivity index (χ2v) is 6.84. The Hall–Kier alpha value is -1.02. The van der Waals surface area contributed by atoms with Crippen LogP contribution in [0.4, 0.5) is 0 Å². The highest BCUT2D eigenvalue weighted by Crippen LogP contribution is 2.52. The summed E-state index contributed by atoms with van der Waals surface area (Å²) in [6.07, 6.45) is 6.96. The summed E-state index contributed by atoms with van der Waals surface area (Å²) in [7, 11) is 0. The SMILES string of the molecule is CCNC(c1ccc2c(c1)CCO2)C1CC2CCC1C2. The van der Waals surface area contributed by atoms with Crippen LogP contribution >= 0.6 is 0 Å². The Balaban J connectivity index is 1.62. The summed E-state index contributed by atoms with van der Waals surface area (Å²) in [4.78, 5) is 0. The summed E-state index contributed by atoms with van der Waals surface area (Å²) in [5, 5.41) is 3.78. The zero-order chi connectivity index (χ0) is 13.5. The number of benzene rings is 1. The summed E-state index contributed by atoms with van der Waals surface area (Å²) >= 11 is 0. The minimum atomic E-state index is 0.557. The van der Waals surface area contributed by atoms with E-state index in [1.807, 2.05) is 0 Å². The highest BCUT2D eigenvalue weighted by molar-refractivity contribution is 5.41. The lowest BCUT2D eigenvalue weighted by Crippen LogP contribution is -2.31. The maximum absolute atomic E-state index is 5.65. The molecule has 0 spiro atoms. The molecule has 2 aliphatic carbocycles. The fourth-order valence-corrected chi connectivity index (χ4v) is 4.84. The van der Waals surface area contributed by atoms with E-state index in [0.717, 1.165) is 43.1 Å². The van der Waals surface area contributed by atoms with Gasteiger partial charge in [-0.25, -0.2) is 0 Å². The van der Waals surface area contributed by atoms with Crippen molar-refractivity contribution in [2.24, 2.45) is 17.8 Å². The largest absolute Gasteiger partial charge is 0.493 e. The third-order valence-corrected chi connectivity index (χ3v) is 5.72. The van der Waals surface area contributed by atoms with Gasteiger partial charge in [-0.2, -0.15) is 0 Å². The molecule has 2 bridgehead atoms. The first kappa shape index (κ1) is 12.7. The molecule has 0 saturated heterocycles. The molecule has 0 radical (unpaired) electrons. The van der Waals surface area contributed by atoms with Gasteiger partial charge in [-0.1, -0.05) is 25.5 Å². The topological polar surface area (TPSA) is 21.3 Å². The van der Waals surface area contributed by atoms with Gasteiger partial charge < -0.3 is 10.1 Å². The molecule has 3 aliphatic rings. The second-order valence-electron chi connectivity index (χ2n) is 6.84. The summed E-state index contributed by atoms with van der Waals surface area (Å²) in [6.45, 7) is 4.15. The maximum Gasteiger partial charge on any atom is 0.122 e. The summed E-state index contributed by atoms with van der Waals surface area (Å²) in [6, 6.07) is 7.45. The van der Waals surface area contributed by atoms with E-state index in [1.165, 1.54) is 36.8 Å². The van der Waals surface area contributed by atoms with Gasteiger partial charge in [0.05, 0.1) is 6.61 Å². The lowest BCUT2D eigenvalue weighted by molar-refractivity contribution is 0.253. The van der Waals surface area contributed by atoms with Crippen molar-refractivity contribution in [2.45, 2.75) is 45.1 Å². The highest BCUT2D eigenvalue weighted by Gasteiger charge is 2.43. The molecule has 2 saturated carbocycles. The monoisotopic (exact) mass is 271 g/mol. The molecule has 2 fully saturated rings. The molecule has 4 unspecified atom stereocenters. The van der Waals surface area contributed by atoms with Crippen molar-refractivity contribution in [1.29, 1.82) is 0 Å². The van der Waals surface area contributed by atoms with Gasteiger partial charge >= 0.3 is 0 Å². The highest BCUT2D eigenvalue weighted by atomic mass is 16.5. The van der Waals surface area contributed by atoms with Crippen molar-refractivity contribution in [3.8, 4) is 5.75 Å². The van der Waals surface area contributed by atoms with Gasteiger partial charge in [0, 0.05) is 12.5 Å². The lowest BCUT2D eigenvalue weighted by atomic mass is 9.80. The van der Waals surface area contributed by atoms with Crippen LogP contribution in [0.25, 0.3) is 0 Å². The molecule has 1 aliphatic heterocycles. The van der Waals surface area contributed by atoms with E-state index in [0.29, 0.717) is 6.04 Å². The Kier molecular flexibility index (Phi) is 3.22. The minimum absolute atomic E-state index is 0.557. The van der Waals surface area contributed by atoms with E-state index in [-0.39, 0.29) is 0 Å². The quantitative estimate of drug-likeness (QED) is 0.901. The molecule has 2 nitrogen and oxygen atoms in total. The Labute approximate surface area is 121 Å². The predicted molar refractivity (Wildman–Crippen MR) is 81.0 cm³/mol. The number of ether oxygens (including phenoxy) is 1. The van der Waals surface area contributed by atoms with Crippen LogP contribution < -0.4 is 10.1 Å². The lowest BCUT2D eigenvalue weighted by Gasteiger charge is -2.31. The molecule has 108 valence electrons. The molecule has 4 atom stereocenters. The van der Waals surface area contributed by atoms with E-state index in [4.69, 9.17) is 4.74 Å². The number of hydrogen-bond donors (Lipinski definition) is 1. The fourth-order valence-electron chi connectivity index (χ4n) is 4.84. The van der Waals surface area contributed by atoms with Crippen LogP contribution in [0.1, 0.15) is 49.8 Å². The van der Waals surface area contributed by atoms with Gasteiger partial charge in [-0.3, -0.25) is 0 Å². The van der Waals surface area contributed by atoms with Gasteiger partial charge in [0.25, 0.3) is 0 Å². The molecule has 1 heterocycles. The number of hydrogen-bond acceptors (Lipinski definition) is 2. The molecular formula is C18H25NO. The first-order chi connectivity index (χ1) is 9.85. The minimum Gasteiger partial charge on any atom is -0.493 e. The van der Waals surface area contributed by atoms with Crippen molar-refractivity contribution < 1.29 is 4.74 Å². The number of fused-ring (bicyclic) bond motifs is 3. The van der Waals surface area contributed by atoms with Crippen molar-refractivity contribution in [3.63, 3.8) is 0 Å². The smallest absolute Gasteiger partial charge is 0.122 e. The van der Waals surface area contributed by atoms with Crippen LogP contribution in [-0.2, 0) is 6.42 Å². The van der Waals surface area contributed by atoms with Gasteiger partial charge in [-0.15, -0.1) is 0 Å². The average Bonchev–Trinajstić information content (AvgIpc) is 3.19. The molecule has 1 aromatic carbocycles. The van der Waals surface area contributed by atoms with E-state index in [2.05, 4.69) is 30.4 Å². The van der Waals surface area contributed by atoms with Crippen molar-refractivity contribution >= 4 is 0 Å². The van der Waals surface area contributed by atoms with Crippen LogP contribution in [0.2, 0.25) is 0 Å². The molecule has 0 amide bonds. The first-order valence-corrected chi connectivity index (χ1v) is 8.34. The standard InChI is InChI=1S/C18H25NO/c1-2-19-18(16-10-12-3-4-13(16)9-12)15-5-6-17-14(11-15)7-8-20-17/h5-6,11-13,16,18-19H,2-4,7-10H2,1H3. The molecule has 1 N–H and O–H groups in total. The van der Waals surface area contributed by atoms with Crippen LogP contribution in [-0.4, -0.2) is 13.2 Å². The first-order valence-electron chi connectivity index (χ1n) is 8.34. The Morgan fingerprint density at radius 1 is 1.30 bits per heavy atom. The Bertz CT molecular complexity index is 498. The van der Waals surface area contributed by atoms with E-state index >= 15 is 0 Å². The number of nitrogens with one attached hydrogen (secondary N) is 1. The molecule has 2 heteroatoms. The zero-order valence-corrected chi connectivity index (χ0v) is 12.4.